The third-order valence-corrected chi connectivity index (χ3v) is 4.60. The van der Waals surface area contributed by atoms with E-state index < -0.39 is 0 Å². The molecule has 1 aromatic carbocycles. The Morgan fingerprint density at radius 1 is 1.26 bits per heavy atom. The third kappa shape index (κ3) is 4.12. The molecule has 0 aliphatic heterocycles. The van der Waals surface area contributed by atoms with Crippen LogP contribution in [0.5, 0.6) is 0 Å². The lowest BCUT2D eigenvalue weighted by atomic mass is 9.80. The quantitative estimate of drug-likeness (QED) is 0.678. The van der Waals surface area contributed by atoms with Crippen LogP contribution in [0.1, 0.15) is 39.5 Å². The fraction of sp³-hybridized carbons (Fsp3) is 0.556. The van der Waals surface area contributed by atoms with E-state index in [9.17, 15) is 0 Å². The summed E-state index contributed by atoms with van der Waals surface area (Å²) in [6.07, 6.45) is 7.73. The molecule has 2 rings (SSSR count). The molecule has 0 aromatic heterocycles. The minimum atomic E-state index is 0.829. The Bertz CT molecular complexity index is 407. The monoisotopic (exact) mass is 257 g/mol. The molecule has 0 spiro atoms. The van der Waals surface area contributed by atoms with Gasteiger partial charge >= 0.3 is 0 Å². The standard InChI is InChI=1S/C18H27N/c1-15-9-11-17(12-10-15)16(2)13-14-19(3)18-7-5-4-6-8-18/h4-9,16-17H,10-14H2,1-3H3/t16?,17-/m0/s1. The van der Waals surface area contributed by atoms with Gasteiger partial charge in [0.05, 0.1) is 0 Å². The number of anilines is 1. The second-order valence-corrected chi connectivity index (χ2v) is 6.11. The topological polar surface area (TPSA) is 3.24 Å². The second kappa shape index (κ2) is 6.79. The van der Waals surface area contributed by atoms with Gasteiger partial charge in [0, 0.05) is 19.3 Å². The summed E-state index contributed by atoms with van der Waals surface area (Å²) in [6, 6.07) is 10.7. The molecule has 2 atom stereocenters. The fourth-order valence-corrected chi connectivity index (χ4v) is 2.95. The van der Waals surface area contributed by atoms with Crippen LogP contribution < -0.4 is 4.90 Å². The first-order valence-electron chi connectivity index (χ1n) is 7.58. The van der Waals surface area contributed by atoms with Crippen LogP contribution in [0.15, 0.2) is 42.0 Å². The van der Waals surface area contributed by atoms with Gasteiger partial charge in [-0.3, -0.25) is 0 Å². The number of allylic oxidation sites excluding steroid dienone is 2. The van der Waals surface area contributed by atoms with E-state index in [1.54, 1.807) is 5.57 Å². The number of hydrogen-bond acceptors (Lipinski definition) is 1. The van der Waals surface area contributed by atoms with Crippen molar-refractivity contribution in [1.29, 1.82) is 0 Å². The zero-order chi connectivity index (χ0) is 13.7. The Morgan fingerprint density at radius 2 is 2.00 bits per heavy atom. The van der Waals surface area contributed by atoms with Crippen molar-refractivity contribution in [1.82, 2.24) is 0 Å². The molecular formula is C18H27N. The molecule has 0 N–H and O–H groups in total. The highest BCUT2D eigenvalue weighted by Crippen LogP contribution is 2.31. The largest absolute Gasteiger partial charge is 0.375 e. The van der Waals surface area contributed by atoms with Crippen molar-refractivity contribution in [3.8, 4) is 0 Å². The Labute approximate surface area is 118 Å². The van der Waals surface area contributed by atoms with Crippen molar-refractivity contribution in [2.75, 3.05) is 18.5 Å². The van der Waals surface area contributed by atoms with Crippen LogP contribution in [-0.4, -0.2) is 13.6 Å². The summed E-state index contributed by atoms with van der Waals surface area (Å²) in [6.45, 7) is 5.85. The SMILES string of the molecule is CC1=CC[C@H](C(C)CCN(C)c2ccccc2)CC1. The number of nitrogens with zero attached hydrogens (tertiary/aromatic N) is 1. The summed E-state index contributed by atoms with van der Waals surface area (Å²) in [5.41, 5.74) is 2.92. The molecular weight excluding hydrogens is 230 g/mol. The first kappa shape index (κ1) is 14.2. The third-order valence-electron chi connectivity index (χ3n) is 4.60. The molecule has 0 saturated carbocycles. The highest BCUT2D eigenvalue weighted by atomic mass is 15.1. The van der Waals surface area contributed by atoms with E-state index in [0.717, 1.165) is 18.4 Å². The van der Waals surface area contributed by atoms with Gasteiger partial charge in [0.2, 0.25) is 0 Å². The zero-order valence-corrected chi connectivity index (χ0v) is 12.6. The Balaban J connectivity index is 1.79. The lowest BCUT2D eigenvalue weighted by Crippen LogP contribution is -2.23. The maximum Gasteiger partial charge on any atom is 0.0363 e. The molecule has 1 nitrogen and oxygen atoms in total. The molecule has 1 unspecified atom stereocenters. The summed E-state index contributed by atoms with van der Waals surface area (Å²) < 4.78 is 0. The van der Waals surface area contributed by atoms with Crippen LogP contribution in [0, 0.1) is 11.8 Å². The number of rotatable bonds is 5. The maximum atomic E-state index is 2.45. The fourth-order valence-electron chi connectivity index (χ4n) is 2.95. The van der Waals surface area contributed by atoms with Crippen molar-refractivity contribution in [3.05, 3.63) is 42.0 Å². The predicted molar refractivity (Wildman–Crippen MR) is 84.6 cm³/mol. The van der Waals surface area contributed by atoms with Gasteiger partial charge in [0.15, 0.2) is 0 Å². The average molecular weight is 257 g/mol. The van der Waals surface area contributed by atoms with Gasteiger partial charge in [-0.1, -0.05) is 36.8 Å². The zero-order valence-electron chi connectivity index (χ0n) is 12.6. The average Bonchev–Trinajstić information content (AvgIpc) is 2.46. The van der Waals surface area contributed by atoms with Crippen molar-refractivity contribution in [2.45, 2.75) is 39.5 Å². The summed E-state index contributed by atoms with van der Waals surface area (Å²) in [4.78, 5) is 2.38. The normalized spacial score (nSPS) is 20.8. The van der Waals surface area contributed by atoms with Gasteiger partial charge < -0.3 is 4.90 Å². The summed E-state index contributed by atoms with van der Waals surface area (Å²) >= 11 is 0. The van der Waals surface area contributed by atoms with Crippen LogP contribution >= 0.6 is 0 Å². The van der Waals surface area contributed by atoms with Crippen LogP contribution in [-0.2, 0) is 0 Å². The van der Waals surface area contributed by atoms with Crippen molar-refractivity contribution in [2.24, 2.45) is 11.8 Å². The molecule has 1 aliphatic rings. The molecule has 0 fully saturated rings. The van der Waals surface area contributed by atoms with Crippen LogP contribution in [0.2, 0.25) is 0 Å². The summed E-state index contributed by atoms with van der Waals surface area (Å²) in [5, 5.41) is 0. The van der Waals surface area contributed by atoms with E-state index in [0.29, 0.717) is 0 Å². The van der Waals surface area contributed by atoms with Gasteiger partial charge in [-0.15, -0.1) is 0 Å². The summed E-state index contributed by atoms with van der Waals surface area (Å²) in [7, 11) is 2.20. The van der Waals surface area contributed by atoms with E-state index in [1.807, 2.05) is 0 Å². The van der Waals surface area contributed by atoms with Gasteiger partial charge in [-0.25, -0.2) is 0 Å². The van der Waals surface area contributed by atoms with Crippen LogP contribution in [0.4, 0.5) is 5.69 Å². The van der Waals surface area contributed by atoms with E-state index >= 15 is 0 Å². The molecule has 0 saturated heterocycles. The molecule has 0 amide bonds. The Morgan fingerprint density at radius 3 is 2.63 bits per heavy atom. The van der Waals surface area contributed by atoms with E-state index in [1.165, 1.54) is 31.4 Å². The predicted octanol–water partition coefficient (Wildman–Crippen LogP) is 4.90. The lowest BCUT2D eigenvalue weighted by molar-refractivity contribution is 0.313. The number of benzene rings is 1. The Kier molecular flexibility index (Phi) is 5.07. The summed E-state index contributed by atoms with van der Waals surface area (Å²) in [5.74, 6) is 1.73. The smallest absolute Gasteiger partial charge is 0.0363 e. The highest BCUT2D eigenvalue weighted by Gasteiger charge is 2.19. The van der Waals surface area contributed by atoms with Crippen LogP contribution in [0.3, 0.4) is 0 Å². The molecule has 104 valence electrons. The molecule has 0 bridgehead atoms. The first-order chi connectivity index (χ1) is 9.16. The second-order valence-electron chi connectivity index (χ2n) is 6.11. The molecule has 1 aliphatic carbocycles. The van der Waals surface area contributed by atoms with Gasteiger partial charge in [0.1, 0.15) is 0 Å². The van der Waals surface area contributed by atoms with Crippen LogP contribution in [0.25, 0.3) is 0 Å². The molecule has 0 heterocycles. The first-order valence-corrected chi connectivity index (χ1v) is 7.58. The molecule has 1 aromatic rings. The molecule has 0 radical (unpaired) electrons. The van der Waals surface area contributed by atoms with Crippen molar-refractivity contribution in [3.63, 3.8) is 0 Å². The minimum absolute atomic E-state index is 0.829. The minimum Gasteiger partial charge on any atom is -0.375 e. The van der Waals surface area contributed by atoms with Crippen molar-refractivity contribution >= 4 is 5.69 Å². The maximum absolute atomic E-state index is 2.45. The van der Waals surface area contributed by atoms with E-state index in [4.69, 9.17) is 0 Å². The van der Waals surface area contributed by atoms with E-state index in [-0.39, 0.29) is 0 Å². The van der Waals surface area contributed by atoms with Gasteiger partial charge in [-0.2, -0.15) is 0 Å². The van der Waals surface area contributed by atoms with Crippen molar-refractivity contribution < 1.29 is 0 Å². The Hall–Kier alpha value is -1.24. The number of para-hydroxylation sites is 1. The lowest BCUT2D eigenvalue weighted by Gasteiger charge is -2.28. The van der Waals surface area contributed by atoms with E-state index in [2.05, 4.69) is 62.2 Å². The molecule has 1 heteroatoms. The number of hydrogen-bond donors (Lipinski definition) is 0. The van der Waals surface area contributed by atoms with Gasteiger partial charge in [-0.05, 0) is 56.6 Å². The highest BCUT2D eigenvalue weighted by molar-refractivity contribution is 5.44. The van der Waals surface area contributed by atoms with Gasteiger partial charge in [0.25, 0.3) is 0 Å². The molecule has 19 heavy (non-hydrogen) atoms.